The maximum Gasteiger partial charge on any atom is 0.189 e. The first-order valence-corrected chi connectivity index (χ1v) is 8.79. The summed E-state index contributed by atoms with van der Waals surface area (Å²) >= 11 is 0. The van der Waals surface area contributed by atoms with Gasteiger partial charge in [-0.3, -0.25) is 0 Å². The summed E-state index contributed by atoms with van der Waals surface area (Å²) in [6.07, 6.45) is 8.33. The molecule has 0 aliphatic carbocycles. The minimum atomic E-state index is -0.306. The van der Waals surface area contributed by atoms with Crippen LogP contribution in [0.15, 0.2) is 41.9 Å². The zero-order chi connectivity index (χ0) is 18.2. The Morgan fingerprint density at radius 3 is 2.69 bits per heavy atom. The van der Waals surface area contributed by atoms with E-state index in [9.17, 15) is 4.39 Å². The van der Waals surface area contributed by atoms with Crippen LogP contribution >= 0.6 is 24.0 Å². The Kier molecular flexibility index (Phi) is 9.61. The lowest BCUT2D eigenvalue weighted by molar-refractivity contribution is 0.493. The monoisotopic (exact) mass is 473 g/mol. The molecule has 1 aromatic heterocycles. The molecule has 5 nitrogen and oxygen atoms in total. The number of aliphatic imine (C=N–C) groups is 1. The summed E-state index contributed by atoms with van der Waals surface area (Å²) in [6.45, 7) is 6.90. The van der Waals surface area contributed by atoms with E-state index in [0.717, 1.165) is 17.9 Å². The predicted octanol–water partition coefficient (Wildman–Crippen LogP) is 4.25. The van der Waals surface area contributed by atoms with E-state index in [0.29, 0.717) is 18.2 Å². The molecular formula is C19H29FIN5. The number of imidazole rings is 1. The van der Waals surface area contributed by atoms with Crippen molar-refractivity contribution in [3.63, 3.8) is 0 Å². The highest BCUT2D eigenvalue weighted by Gasteiger charge is 2.06. The van der Waals surface area contributed by atoms with E-state index in [1.165, 1.54) is 18.9 Å². The topological polar surface area (TPSA) is 68.2 Å². The van der Waals surface area contributed by atoms with Crippen molar-refractivity contribution in [3.8, 4) is 5.69 Å². The molecule has 0 spiro atoms. The van der Waals surface area contributed by atoms with Crippen LogP contribution in [0, 0.1) is 11.7 Å². The summed E-state index contributed by atoms with van der Waals surface area (Å²) in [4.78, 5) is 8.24. The van der Waals surface area contributed by atoms with Gasteiger partial charge in [0.25, 0.3) is 0 Å². The number of halogens is 2. The van der Waals surface area contributed by atoms with Crippen LogP contribution in [0.25, 0.3) is 5.69 Å². The lowest BCUT2D eigenvalue weighted by Crippen LogP contribution is -2.38. The standard InChI is InChI=1S/C19H28FN5.HI/c1-14(2)5-4-6-15(3)24-19(21)23-12-16-7-8-18(17(20)11-16)25-10-9-22-13-25;/h7-11,13-15H,4-6,12H2,1-3H3,(H3,21,23,24);1H. The smallest absolute Gasteiger partial charge is 0.189 e. The fourth-order valence-electron chi connectivity index (χ4n) is 2.64. The van der Waals surface area contributed by atoms with Gasteiger partial charge >= 0.3 is 0 Å². The molecule has 0 saturated heterocycles. The van der Waals surface area contributed by atoms with Crippen molar-refractivity contribution >= 4 is 29.9 Å². The van der Waals surface area contributed by atoms with Gasteiger partial charge in [-0.25, -0.2) is 14.4 Å². The van der Waals surface area contributed by atoms with Crippen LogP contribution in [0.3, 0.4) is 0 Å². The Morgan fingerprint density at radius 2 is 2.08 bits per heavy atom. The van der Waals surface area contributed by atoms with E-state index < -0.39 is 0 Å². The van der Waals surface area contributed by atoms with Crippen LogP contribution in [-0.2, 0) is 6.54 Å². The van der Waals surface area contributed by atoms with Crippen molar-refractivity contribution < 1.29 is 4.39 Å². The minimum Gasteiger partial charge on any atom is -0.370 e. The van der Waals surface area contributed by atoms with Crippen molar-refractivity contribution in [1.29, 1.82) is 0 Å². The van der Waals surface area contributed by atoms with E-state index in [1.807, 2.05) is 6.07 Å². The molecule has 1 heterocycles. The summed E-state index contributed by atoms with van der Waals surface area (Å²) in [5, 5.41) is 3.19. The summed E-state index contributed by atoms with van der Waals surface area (Å²) in [5.41, 5.74) is 7.18. The Balaban J connectivity index is 0.00000338. The van der Waals surface area contributed by atoms with Gasteiger partial charge in [0.15, 0.2) is 5.96 Å². The normalized spacial score (nSPS) is 12.7. The van der Waals surface area contributed by atoms with Gasteiger partial charge < -0.3 is 15.6 Å². The number of hydrogen-bond acceptors (Lipinski definition) is 2. The maximum atomic E-state index is 14.2. The van der Waals surface area contributed by atoms with Crippen LogP contribution < -0.4 is 11.1 Å². The van der Waals surface area contributed by atoms with Gasteiger partial charge in [-0.05, 0) is 37.0 Å². The maximum absolute atomic E-state index is 14.2. The second-order valence-corrected chi connectivity index (χ2v) is 6.83. The molecule has 0 aliphatic rings. The van der Waals surface area contributed by atoms with Crippen LogP contribution in [0.1, 0.15) is 45.6 Å². The Labute approximate surface area is 172 Å². The lowest BCUT2D eigenvalue weighted by atomic mass is 10.0. The van der Waals surface area contributed by atoms with Crippen molar-refractivity contribution in [2.24, 2.45) is 16.6 Å². The van der Waals surface area contributed by atoms with Crippen molar-refractivity contribution in [1.82, 2.24) is 14.9 Å². The number of guanidine groups is 1. The van der Waals surface area contributed by atoms with Gasteiger partial charge in [-0.2, -0.15) is 0 Å². The second kappa shape index (κ2) is 11.2. The van der Waals surface area contributed by atoms with Crippen LogP contribution in [0.4, 0.5) is 4.39 Å². The number of aromatic nitrogens is 2. The molecule has 1 aromatic carbocycles. The SMILES string of the molecule is CC(C)CCCC(C)NC(N)=NCc1ccc(-n2ccnc2)c(F)c1.I. The first kappa shape index (κ1) is 22.4. The highest BCUT2D eigenvalue weighted by Crippen LogP contribution is 2.15. The highest BCUT2D eigenvalue weighted by atomic mass is 127. The first-order valence-electron chi connectivity index (χ1n) is 8.79. The van der Waals surface area contributed by atoms with Gasteiger partial charge in [0, 0.05) is 18.4 Å². The predicted molar refractivity (Wildman–Crippen MR) is 116 cm³/mol. The number of nitrogens with one attached hydrogen (secondary N) is 1. The van der Waals surface area contributed by atoms with Crippen molar-refractivity contribution in [2.75, 3.05) is 0 Å². The molecule has 0 aliphatic heterocycles. The fraction of sp³-hybridized carbons (Fsp3) is 0.474. The molecule has 0 saturated carbocycles. The third-order valence-electron chi connectivity index (χ3n) is 4.04. The van der Waals surface area contributed by atoms with Gasteiger partial charge in [-0.1, -0.05) is 32.8 Å². The fourth-order valence-corrected chi connectivity index (χ4v) is 2.64. The van der Waals surface area contributed by atoms with Gasteiger partial charge in [0.05, 0.1) is 18.6 Å². The number of benzene rings is 1. The molecule has 1 unspecified atom stereocenters. The molecule has 26 heavy (non-hydrogen) atoms. The average Bonchev–Trinajstić information content (AvgIpc) is 3.06. The number of hydrogen-bond donors (Lipinski definition) is 2. The third-order valence-corrected chi connectivity index (χ3v) is 4.04. The molecule has 3 N–H and O–H groups in total. The lowest BCUT2D eigenvalue weighted by Gasteiger charge is -2.15. The van der Waals surface area contributed by atoms with E-state index in [1.54, 1.807) is 29.4 Å². The van der Waals surface area contributed by atoms with Crippen molar-refractivity contribution in [2.45, 2.75) is 52.6 Å². The van der Waals surface area contributed by atoms with Gasteiger partial charge in [-0.15, -0.1) is 24.0 Å². The van der Waals surface area contributed by atoms with E-state index in [4.69, 9.17) is 5.73 Å². The Bertz CT molecular complexity index is 685. The summed E-state index contributed by atoms with van der Waals surface area (Å²) < 4.78 is 15.8. The molecular weight excluding hydrogens is 444 g/mol. The number of nitrogens with zero attached hydrogens (tertiary/aromatic N) is 3. The minimum absolute atomic E-state index is 0. The summed E-state index contributed by atoms with van der Waals surface area (Å²) in [6, 6.07) is 5.34. The molecule has 0 amide bonds. The van der Waals surface area contributed by atoms with E-state index in [2.05, 4.69) is 36.1 Å². The summed E-state index contributed by atoms with van der Waals surface area (Å²) in [5.74, 6) is 0.814. The molecule has 144 valence electrons. The molecule has 1 atom stereocenters. The molecule has 7 heteroatoms. The zero-order valence-corrected chi connectivity index (χ0v) is 18.0. The molecule has 0 radical (unpaired) electrons. The zero-order valence-electron chi connectivity index (χ0n) is 15.7. The Hall–Kier alpha value is -1.64. The van der Waals surface area contributed by atoms with Gasteiger partial charge in [0.2, 0.25) is 0 Å². The largest absolute Gasteiger partial charge is 0.370 e. The molecule has 2 aromatic rings. The quantitative estimate of drug-likeness (QED) is 0.342. The van der Waals surface area contributed by atoms with Crippen LogP contribution in [-0.4, -0.2) is 21.6 Å². The first-order chi connectivity index (χ1) is 12.0. The Morgan fingerprint density at radius 1 is 1.31 bits per heavy atom. The number of nitrogens with two attached hydrogens (primary N) is 1. The highest BCUT2D eigenvalue weighted by molar-refractivity contribution is 14.0. The number of rotatable bonds is 8. The average molecular weight is 473 g/mol. The van der Waals surface area contributed by atoms with Crippen molar-refractivity contribution in [3.05, 3.63) is 48.3 Å². The van der Waals surface area contributed by atoms with E-state index >= 15 is 0 Å². The van der Waals surface area contributed by atoms with E-state index in [-0.39, 0.29) is 35.8 Å². The third kappa shape index (κ3) is 7.31. The van der Waals surface area contributed by atoms with Gasteiger partial charge in [0.1, 0.15) is 5.82 Å². The van der Waals surface area contributed by atoms with Crippen LogP contribution in [0.5, 0.6) is 0 Å². The molecule has 0 bridgehead atoms. The molecule has 2 rings (SSSR count). The second-order valence-electron chi connectivity index (χ2n) is 6.83. The van der Waals surface area contributed by atoms with Crippen LogP contribution in [0.2, 0.25) is 0 Å². The summed E-state index contributed by atoms with van der Waals surface area (Å²) in [7, 11) is 0. The molecule has 0 fully saturated rings.